The van der Waals surface area contributed by atoms with Gasteiger partial charge in [0, 0.05) is 30.9 Å². The maximum absolute atomic E-state index is 12.1. The molecule has 0 radical (unpaired) electrons. The van der Waals surface area contributed by atoms with Crippen LogP contribution < -0.4 is 10.3 Å². The fraction of sp³-hybridized carbons (Fsp3) is 0.133. The van der Waals surface area contributed by atoms with E-state index in [0.717, 1.165) is 5.69 Å². The van der Waals surface area contributed by atoms with Gasteiger partial charge in [-0.3, -0.25) is 14.8 Å². The number of hydrazone groups is 1. The molecule has 7 heteroatoms. The highest BCUT2D eigenvalue weighted by Crippen LogP contribution is 2.28. The zero-order chi connectivity index (χ0) is 15.5. The molecule has 1 amide bonds. The first-order chi connectivity index (χ1) is 10.6. The van der Waals surface area contributed by atoms with Crippen molar-refractivity contribution in [1.82, 2.24) is 10.3 Å². The smallest absolute Gasteiger partial charge is 0.256 e. The third kappa shape index (κ3) is 3.21. The van der Waals surface area contributed by atoms with E-state index in [1.54, 1.807) is 41.7 Å². The van der Waals surface area contributed by atoms with Crippen LogP contribution in [0.2, 0.25) is 10.0 Å². The van der Waals surface area contributed by atoms with Crippen molar-refractivity contribution in [2.24, 2.45) is 5.10 Å². The van der Waals surface area contributed by atoms with Gasteiger partial charge < -0.3 is 5.32 Å². The van der Waals surface area contributed by atoms with Crippen molar-refractivity contribution in [1.29, 1.82) is 0 Å². The van der Waals surface area contributed by atoms with E-state index in [1.165, 1.54) is 0 Å². The largest absolute Gasteiger partial charge is 0.309 e. The molecule has 2 aromatic rings. The van der Waals surface area contributed by atoms with Crippen molar-refractivity contribution in [3.63, 3.8) is 0 Å². The summed E-state index contributed by atoms with van der Waals surface area (Å²) in [7, 11) is 0. The van der Waals surface area contributed by atoms with E-state index < -0.39 is 0 Å². The number of amidine groups is 1. The van der Waals surface area contributed by atoms with Crippen LogP contribution in [0.15, 0.2) is 47.8 Å². The predicted molar refractivity (Wildman–Crippen MR) is 87.6 cm³/mol. The van der Waals surface area contributed by atoms with Gasteiger partial charge >= 0.3 is 0 Å². The van der Waals surface area contributed by atoms with Gasteiger partial charge in [0.05, 0.1) is 15.7 Å². The number of hydrogen-bond acceptors (Lipinski definition) is 4. The van der Waals surface area contributed by atoms with Gasteiger partial charge in [0.15, 0.2) is 0 Å². The number of carbonyl (C=O) groups excluding carboxylic acids is 1. The molecule has 1 aromatic carbocycles. The van der Waals surface area contributed by atoms with Gasteiger partial charge in [-0.05, 0) is 30.3 Å². The molecule has 1 aliphatic heterocycles. The second-order valence-corrected chi connectivity index (χ2v) is 5.52. The number of hydrogen-bond donors (Lipinski definition) is 1. The molecule has 1 aliphatic rings. The number of carbonyl (C=O) groups is 1. The summed E-state index contributed by atoms with van der Waals surface area (Å²) >= 11 is 11.9. The molecular weight excluding hydrogens is 323 g/mol. The molecule has 0 saturated heterocycles. The van der Waals surface area contributed by atoms with E-state index in [2.05, 4.69) is 15.4 Å². The van der Waals surface area contributed by atoms with Gasteiger partial charge in [-0.15, -0.1) is 0 Å². The maximum Gasteiger partial charge on any atom is 0.256 e. The number of anilines is 1. The lowest BCUT2D eigenvalue weighted by atomic mass is 10.2. The minimum absolute atomic E-state index is 0.197. The third-order valence-electron chi connectivity index (χ3n) is 3.20. The summed E-state index contributed by atoms with van der Waals surface area (Å²) in [5, 5.41) is 9.96. The van der Waals surface area contributed by atoms with Crippen LogP contribution in [0.25, 0.3) is 0 Å². The Morgan fingerprint density at radius 2 is 1.91 bits per heavy atom. The zero-order valence-electron chi connectivity index (χ0n) is 11.5. The second kappa shape index (κ2) is 6.34. The first-order valence-electron chi connectivity index (χ1n) is 6.65. The molecule has 0 saturated carbocycles. The van der Waals surface area contributed by atoms with Crippen LogP contribution in [0, 0.1) is 0 Å². The summed E-state index contributed by atoms with van der Waals surface area (Å²) in [5.41, 5.74) is 1.38. The Hall–Kier alpha value is -2.11. The van der Waals surface area contributed by atoms with Crippen molar-refractivity contribution < 1.29 is 4.79 Å². The number of halogens is 2. The van der Waals surface area contributed by atoms with Crippen LogP contribution in [0.4, 0.5) is 5.69 Å². The molecule has 0 atom stereocenters. The molecule has 0 unspecified atom stereocenters. The lowest BCUT2D eigenvalue weighted by Crippen LogP contribution is -2.29. The van der Waals surface area contributed by atoms with Gasteiger partial charge in [0.2, 0.25) is 0 Å². The van der Waals surface area contributed by atoms with Gasteiger partial charge in [0.1, 0.15) is 5.84 Å². The summed E-state index contributed by atoms with van der Waals surface area (Å²) in [5.74, 6) is 0.421. The third-order valence-corrected chi connectivity index (χ3v) is 3.94. The molecular formula is C15H12Cl2N4O. The molecule has 1 aromatic heterocycles. The van der Waals surface area contributed by atoms with Crippen LogP contribution >= 0.6 is 23.2 Å². The fourth-order valence-electron chi connectivity index (χ4n) is 2.08. The van der Waals surface area contributed by atoms with Crippen molar-refractivity contribution in [3.8, 4) is 0 Å². The molecule has 5 nitrogen and oxygen atoms in total. The summed E-state index contributed by atoms with van der Waals surface area (Å²) in [6.07, 6.45) is 3.80. The Bertz CT molecular complexity index is 734. The zero-order valence-corrected chi connectivity index (χ0v) is 13.0. The van der Waals surface area contributed by atoms with Gasteiger partial charge in [0.25, 0.3) is 5.91 Å². The number of rotatable bonds is 2. The summed E-state index contributed by atoms with van der Waals surface area (Å²) in [6, 6.07) is 8.62. The first kappa shape index (κ1) is 14.8. The van der Waals surface area contributed by atoms with E-state index >= 15 is 0 Å². The lowest BCUT2D eigenvalue weighted by Gasteiger charge is -2.13. The summed E-state index contributed by atoms with van der Waals surface area (Å²) < 4.78 is 0. The number of pyridine rings is 1. The number of benzene rings is 1. The Labute approximate surface area is 137 Å². The monoisotopic (exact) mass is 334 g/mol. The highest BCUT2D eigenvalue weighted by Gasteiger charge is 2.19. The van der Waals surface area contributed by atoms with Crippen LogP contribution in [0.3, 0.4) is 0 Å². The van der Waals surface area contributed by atoms with Crippen molar-refractivity contribution in [3.05, 3.63) is 58.3 Å². The molecule has 2 heterocycles. The fourth-order valence-corrected chi connectivity index (χ4v) is 2.38. The number of nitrogens with one attached hydrogen (secondary N) is 1. The molecule has 0 fully saturated rings. The topological polar surface area (TPSA) is 57.6 Å². The molecule has 1 N–H and O–H groups in total. The van der Waals surface area contributed by atoms with Crippen molar-refractivity contribution in [2.45, 2.75) is 6.42 Å². The van der Waals surface area contributed by atoms with Gasteiger partial charge in [-0.1, -0.05) is 23.2 Å². The first-order valence-corrected chi connectivity index (χ1v) is 7.40. The number of nitrogens with zero attached hydrogens (tertiary/aromatic N) is 3. The minimum Gasteiger partial charge on any atom is -0.309 e. The highest BCUT2D eigenvalue weighted by molar-refractivity contribution is 6.42. The summed E-state index contributed by atoms with van der Waals surface area (Å²) in [4.78, 5) is 16.0. The number of aromatic nitrogens is 1. The Morgan fingerprint density at radius 3 is 2.64 bits per heavy atom. The second-order valence-electron chi connectivity index (χ2n) is 4.71. The average molecular weight is 335 g/mol. The normalized spacial score (nSPS) is 13.9. The number of amides is 1. The molecule has 22 heavy (non-hydrogen) atoms. The minimum atomic E-state index is -0.197. The maximum atomic E-state index is 12.1. The molecule has 112 valence electrons. The van der Waals surface area contributed by atoms with E-state index in [-0.39, 0.29) is 5.91 Å². The van der Waals surface area contributed by atoms with Gasteiger partial charge in [-0.25, -0.2) is 0 Å². The molecule has 3 rings (SSSR count). The van der Waals surface area contributed by atoms with Crippen molar-refractivity contribution >= 4 is 40.6 Å². The van der Waals surface area contributed by atoms with Crippen LogP contribution in [0.1, 0.15) is 16.8 Å². The van der Waals surface area contributed by atoms with E-state index in [1.807, 2.05) is 6.07 Å². The summed E-state index contributed by atoms with van der Waals surface area (Å²) in [6.45, 7) is 0.671. The van der Waals surface area contributed by atoms with Crippen molar-refractivity contribution in [2.75, 3.05) is 11.6 Å². The Morgan fingerprint density at radius 1 is 1.14 bits per heavy atom. The van der Waals surface area contributed by atoms with E-state index in [4.69, 9.17) is 23.2 Å². The lowest BCUT2D eigenvalue weighted by molar-refractivity contribution is 0.0976. The predicted octanol–water partition coefficient (Wildman–Crippen LogP) is 3.34. The van der Waals surface area contributed by atoms with E-state index in [0.29, 0.717) is 34.4 Å². The molecule has 0 aliphatic carbocycles. The van der Waals surface area contributed by atoms with Crippen LogP contribution in [-0.4, -0.2) is 23.3 Å². The Kier molecular flexibility index (Phi) is 4.27. The Balaban J connectivity index is 1.72. The quantitative estimate of drug-likeness (QED) is 0.916. The average Bonchev–Trinajstić information content (AvgIpc) is 2.99. The molecule has 0 bridgehead atoms. The SMILES string of the molecule is O=C(NC1=NN(c2ccc(Cl)c(Cl)c2)CC1)c1ccncc1. The highest BCUT2D eigenvalue weighted by atomic mass is 35.5. The van der Waals surface area contributed by atoms with Crippen LogP contribution in [-0.2, 0) is 0 Å². The van der Waals surface area contributed by atoms with Crippen LogP contribution in [0.5, 0.6) is 0 Å². The standard InChI is InChI=1S/C15H12Cl2N4O/c16-12-2-1-11(9-13(12)17)21-8-5-14(20-21)19-15(22)10-3-6-18-7-4-10/h1-4,6-7,9H,5,8H2,(H,19,20,22). The van der Waals surface area contributed by atoms with Gasteiger partial charge in [-0.2, -0.15) is 5.10 Å². The molecule has 0 spiro atoms. The van der Waals surface area contributed by atoms with E-state index in [9.17, 15) is 4.79 Å².